The van der Waals surface area contributed by atoms with Gasteiger partial charge in [0.15, 0.2) is 0 Å². The van der Waals surface area contributed by atoms with Gasteiger partial charge >= 0.3 is 0 Å². The largest absolute Gasteiger partial charge is 0.349 e. The molecule has 1 N–H and O–H groups in total. The van der Waals surface area contributed by atoms with E-state index in [9.17, 15) is 4.79 Å². The Labute approximate surface area is 126 Å². The molecule has 2 nitrogen and oxygen atoms in total. The molecule has 0 saturated carbocycles. The van der Waals surface area contributed by atoms with Crippen molar-refractivity contribution in [1.82, 2.24) is 5.32 Å². The zero-order valence-electron chi connectivity index (χ0n) is 12.3. The lowest BCUT2D eigenvalue weighted by Gasteiger charge is -2.17. The summed E-state index contributed by atoms with van der Waals surface area (Å²) in [6.45, 7) is 1.87. The van der Waals surface area contributed by atoms with Crippen molar-refractivity contribution >= 4 is 12.0 Å². The average Bonchev–Trinajstić information content (AvgIpc) is 2.55. The lowest BCUT2D eigenvalue weighted by molar-refractivity contribution is -0.121. The Kier molecular flexibility index (Phi) is 5.77. The zero-order valence-corrected chi connectivity index (χ0v) is 12.3. The van der Waals surface area contributed by atoms with Crippen LogP contribution in [0.3, 0.4) is 0 Å². The Balaban J connectivity index is 2.06. The monoisotopic (exact) mass is 279 g/mol. The summed E-state index contributed by atoms with van der Waals surface area (Å²) in [7, 11) is 0. The lowest BCUT2D eigenvalue weighted by atomic mass is 10.0. The van der Waals surface area contributed by atoms with Gasteiger partial charge < -0.3 is 5.32 Å². The maximum Gasteiger partial charge on any atom is 0.220 e. The van der Waals surface area contributed by atoms with Crippen LogP contribution in [0.25, 0.3) is 6.08 Å². The van der Waals surface area contributed by atoms with Crippen LogP contribution < -0.4 is 5.32 Å². The molecular formula is C19H21NO. The maximum atomic E-state index is 11.7. The summed E-state index contributed by atoms with van der Waals surface area (Å²) in [6, 6.07) is 20.3. The van der Waals surface area contributed by atoms with E-state index in [0.29, 0.717) is 6.42 Å². The van der Waals surface area contributed by atoms with Gasteiger partial charge in [-0.15, -0.1) is 0 Å². The van der Waals surface area contributed by atoms with Gasteiger partial charge in [0.1, 0.15) is 0 Å². The van der Waals surface area contributed by atoms with E-state index in [-0.39, 0.29) is 11.9 Å². The van der Waals surface area contributed by atoms with Crippen LogP contribution in [0.1, 0.15) is 36.9 Å². The third-order valence-electron chi connectivity index (χ3n) is 3.34. The normalized spacial score (nSPS) is 12.2. The first-order valence-electron chi connectivity index (χ1n) is 7.35. The molecule has 0 saturated heterocycles. The SMILES string of the molecule is CCC(=O)NC(C/C=C\c1ccccc1)c1ccccc1. The molecule has 0 aromatic heterocycles. The summed E-state index contributed by atoms with van der Waals surface area (Å²) >= 11 is 0. The quantitative estimate of drug-likeness (QED) is 0.836. The summed E-state index contributed by atoms with van der Waals surface area (Å²) in [5.41, 5.74) is 2.31. The Bertz CT molecular complexity index is 575. The Morgan fingerprint density at radius 2 is 1.67 bits per heavy atom. The van der Waals surface area contributed by atoms with E-state index in [1.54, 1.807) is 0 Å². The van der Waals surface area contributed by atoms with Gasteiger partial charge in [-0.3, -0.25) is 4.79 Å². The smallest absolute Gasteiger partial charge is 0.220 e. The van der Waals surface area contributed by atoms with Crippen LogP contribution in [0.15, 0.2) is 66.7 Å². The average molecular weight is 279 g/mol. The molecule has 0 fully saturated rings. The molecule has 2 rings (SSSR count). The van der Waals surface area contributed by atoms with E-state index in [2.05, 4.69) is 41.7 Å². The van der Waals surface area contributed by atoms with Gasteiger partial charge in [0.25, 0.3) is 0 Å². The summed E-state index contributed by atoms with van der Waals surface area (Å²) in [4.78, 5) is 11.7. The summed E-state index contributed by atoms with van der Waals surface area (Å²) < 4.78 is 0. The topological polar surface area (TPSA) is 29.1 Å². The van der Waals surface area contributed by atoms with Crippen molar-refractivity contribution in [3.63, 3.8) is 0 Å². The lowest BCUT2D eigenvalue weighted by Crippen LogP contribution is -2.27. The predicted octanol–water partition coefficient (Wildman–Crippen LogP) is 4.36. The van der Waals surface area contributed by atoms with Crippen molar-refractivity contribution in [2.24, 2.45) is 0 Å². The highest BCUT2D eigenvalue weighted by Gasteiger charge is 2.11. The second-order valence-electron chi connectivity index (χ2n) is 4.93. The predicted molar refractivity (Wildman–Crippen MR) is 87.7 cm³/mol. The highest BCUT2D eigenvalue weighted by atomic mass is 16.1. The molecule has 2 aromatic carbocycles. The Morgan fingerprint density at radius 1 is 1.05 bits per heavy atom. The van der Waals surface area contributed by atoms with Crippen molar-refractivity contribution in [3.05, 3.63) is 77.9 Å². The molecule has 0 aliphatic heterocycles. The molecule has 1 atom stereocenters. The first-order chi connectivity index (χ1) is 10.3. The van der Waals surface area contributed by atoms with Crippen molar-refractivity contribution in [2.45, 2.75) is 25.8 Å². The zero-order chi connectivity index (χ0) is 14.9. The molecule has 108 valence electrons. The van der Waals surface area contributed by atoms with E-state index >= 15 is 0 Å². The molecule has 0 aliphatic carbocycles. The maximum absolute atomic E-state index is 11.7. The first-order valence-corrected chi connectivity index (χ1v) is 7.35. The highest BCUT2D eigenvalue weighted by Crippen LogP contribution is 2.18. The highest BCUT2D eigenvalue weighted by molar-refractivity contribution is 5.76. The van der Waals surface area contributed by atoms with E-state index in [1.807, 2.05) is 43.3 Å². The van der Waals surface area contributed by atoms with Gasteiger partial charge in [-0.2, -0.15) is 0 Å². The van der Waals surface area contributed by atoms with Gasteiger partial charge in [0, 0.05) is 6.42 Å². The Hall–Kier alpha value is -2.35. The van der Waals surface area contributed by atoms with Crippen molar-refractivity contribution in [3.8, 4) is 0 Å². The van der Waals surface area contributed by atoms with Crippen molar-refractivity contribution in [2.75, 3.05) is 0 Å². The molecule has 21 heavy (non-hydrogen) atoms. The molecule has 0 heterocycles. The number of nitrogens with one attached hydrogen (secondary N) is 1. The number of benzene rings is 2. The van der Waals surface area contributed by atoms with Crippen molar-refractivity contribution in [1.29, 1.82) is 0 Å². The van der Waals surface area contributed by atoms with E-state index in [4.69, 9.17) is 0 Å². The number of carbonyl (C=O) groups is 1. The second-order valence-corrected chi connectivity index (χ2v) is 4.93. The molecule has 1 amide bonds. The van der Waals surface area contributed by atoms with E-state index < -0.39 is 0 Å². The minimum atomic E-state index is 0.0265. The van der Waals surface area contributed by atoms with Gasteiger partial charge in [-0.05, 0) is 17.5 Å². The number of carbonyl (C=O) groups excluding carboxylic acids is 1. The van der Waals surface area contributed by atoms with Crippen LogP contribution in [-0.4, -0.2) is 5.91 Å². The van der Waals surface area contributed by atoms with Crippen LogP contribution in [0.5, 0.6) is 0 Å². The fourth-order valence-corrected chi connectivity index (χ4v) is 2.16. The molecule has 0 radical (unpaired) electrons. The van der Waals surface area contributed by atoms with Crippen LogP contribution in [-0.2, 0) is 4.79 Å². The van der Waals surface area contributed by atoms with E-state index in [1.165, 1.54) is 5.56 Å². The summed E-state index contributed by atoms with van der Waals surface area (Å²) in [5, 5.41) is 3.08. The van der Waals surface area contributed by atoms with Gasteiger partial charge in [0.2, 0.25) is 5.91 Å². The first kappa shape index (κ1) is 15.0. The van der Waals surface area contributed by atoms with Gasteiger partial charge in [-0.25, -0.2) is 0 Å². The second kappa shape index (κ2) is 8.05. The standard InChI is InChI=1S/C19H21NO/c1-2-19(21)20-18(17-13-7-4-8-14-17)15-9-12-16-10-5-3-6-11-16/h3-14,18H,2,15H2,1H3,(H,20,21)/b12-9-. The minimum Gasteiger partial charge on any atom is -0.349 e. The molecular weight excluding hydrogens is 258 g/mol. The van der Waals surface area contributed by atoms with Crippen LogP contribution in [0.2, 0.25) is 0 Å². The number of rotatable bonds is 6. The number of hydrogen-bond acceptors (Lipinski definition) is 1. The van der Waals surface area contributed by atoms with Crippen molar-refractivity contribution < 1.29 is 4.79 Å². The molecule has 1 unspecified atom stereocenters. The number of hydrogen-bond donors (Lipinski definition) is 1. The van der Waals surface area contributed by atoms with E-state index in [0.717, 1.165) is 12.0 Å². The Morgan fingerprint density at radius 3 is 2.29 bits per heavy atom. The molecule has 0 bridgehead atoms. The van der Waals surface area contributed by atoms with Gasteiger partial charge in [0.05, 0.1) is 6.04 Å². The molecule has 0 aliphatic rings. The molecule has 2 aromatic rings. The van der Waals surface area contributed by atoms with Crippen LogP contribution >= 0.6 is 0 Å². The van der Waals surface area contributed by atoms with Crippen LogP contribution in [0, 0.1) is 0 Å². The summed E-state index contributed by atoms with van der Waals surface area (Å²) in [6.07, 6.45) is 5.49. The van der Waals surface area contributed by atoms with Gasteiger partial charge in [-0.1, -0.05) is 79.7 Å². The fourth-order valence-electron chi connectivity index (χ4n) is 2.16. The molecule has 2 heteroatoms. The summed E-state index contributed by atoms with van der Waals surface area (Å²) in [5.74, 6) is 0.0805. The van der Waals surface area contributed by atoms with Crippen LogP contribution in [0.4, 0.5) is 0 Å². The fraction of sp³-hybridized carbons (Fsp3) is 0.211. The molecule has 0 spiro atoms. The minimum absolute atomic E-state index is 0.0265. The third kappa shape index (κ3) is 4.92. The third-order valence-corrected chi connectivity index (χ3v) is 3.34. The number of amides is 1.